The normalized spacial score (nSPS) is 11.5. The number of alkyl halides is 3. The lowest BCUT2D eigenvalue weighted by Gasteiger charge is -2.13. The van der Waals surface area contributed by atoms with E-state index in [1.54, 1.807) is 0 Å². The summed E-state index contributed by atoms with van der Waals surface area (Å²) >= 11 is 0. The van der Waals surface area contributed by atoms with Gasteiger partial charge in [-0.2, -0.15) is 13.2 Å². The van der Waals surface area contributed by atoms with Crippen molar-refractivity contribution in [3.63, 3.8) is 0 Å². The minimum absolute atomic E-state index is 0.0927. The topological polar surface area (TPSA) is 38.9 Å². The molecule has 0 aliphatic rings. The molecule has 17 heavy (non-hydrogen) atoms. The van der Waals surface area contributed by atoms with Crippen LogP contribution >= 0.6 is 0 Å². The first kappa shape index (κ1) is 11.4. The molecule has 1 aromatic carbocycles. The van der Waals surface area contributed by atoms with Crippen LogP contribution in [0.25, 0.3) is 11.1 Å². The van der Waals surface area contributed by atoms with Gasteiger partial charge < -0.3 is 5.73 Å². The molecular weight excluding hydrogens is 229 g/mol. The Morgan fingerprint density at radius 1 is 1.00 bits per heavy atom. The largest absolute Gasteiger partial charge is 0.417 e. The Balaban J connectivity index is 2.63. The van der Waals surface area contributed by atoms with Gasteiger partial charge in [-0.15, -0.1) is 0 Å². The van der Waals surface area contributed by atoms with Gasteiger partial charge in [0.25, 0.3) is 0 Å². The van der Waals surface area contributed by atoms with Crippen LogP contribution in [0.3, 0.4) is 0 Å². The quantitative estimate of drug-likeness (QED) is 0.774. The molecule has 0 bridgehead atoms. The number of hydrogen-bond acceptors (Lipinski definition) is 2. The van der Waals surface area contributed by atoms with Crippen LogP contribution in [0.15, 0.2) is 42.7 Å². The Hall–Kier alpha value is -2.04. The fourth-order valence-electron chi connectivity index (χ4n) is 1.58. The maximum atomic E-state index is 12.8. The number of nitrogens with zero attached hydrogens (tertiary/aromatic N) is 1. The van der Waals surface area contributed by atoms with Crippen LogP contribution in [0, 0.1) is 0 Å². The Morgan fingerprint density at radius 2 is 1.65 bits per heavy atom. The highest BCUT2D eigenvalue weighted by Gasteiger charge is 2.33. The molecule has 0 fully saturated rings. The van der Waals surface area contributed by atoms with Gasteiger partial charge in [-0.05, 0) is 35.4 Å². The van der Waals surface area contributed by atoms with E-state index >= 15 is 0 Å². The van der Waals surface area contributed by atoms with E-state index in [-0.39, 0.29) is 11.3 Å². The van der Waals surface area contributed by atoms with Crippen molar-refractivity contribution in [2.75, 3.05) is 5.73 Å². The summed E-state index contributed by atoms with van der Waals surface area (Å²) in [5.74, 6) is 0. The molecule has 1 heterocycles. The maximum absolute atomic E-state index is 12.8. The predicted molar refractivity (Wildman–Crippen MR) is 59.1 cm³/mol. The molecule has 0 spiro atoms. The van der Waals surface area contributed by atoms with Crippen molar-refractivity contribution in [1.82, 2.24) is 4.98 Å². The first-order valence-electron chi connectivity index (χ1n) is 4.85. The summed E-state index contributed by atoms with van der Waals surface area (Å²) in [4.78, 5) is 3.77. The molecule has 2 aromatic rings. The van der Waals surface area contributed by atoms with Crippen molar-refractivity contribution < 1.29 is 13.2 Å². The predicted octanol–water partition coefficient (Wildman–Crippen LogP) is 3.35. The zero-order valence-corrected chi connectivity index (χ0v) is 8.70. The molecule has 0 radical (unpaired) electrons. The minimum atomic E-state index is -4.42. The number of hydrogen-bond donors (Lipinski definition) is 1. The van der Waals surface area contributed by atoms with E-state index in [0.29, 0.717) is 5.56 Å². The summed E-state index contributed by atoms with van der Waals surface area (Å²) in [5, 5.41) is 0. The Bertz CT molecular complexity index is 521. The molecule has 2 N–H and O–H groups in total. The second kappa shape index (κ2) is 4.08. The zero-order chi connectivity index (χ0) is 12.5. The first-order valence-corrected chi connectivity index (χ1v) is 4.85. The van der Waals surface area contributed by atoms with Crippen LogP contribution < -0.4 is 5.73 Å². The lowest BCUT2D eigenvalue weighted by atomic mass is 10.00. The molecular formula is C12H9F3N2. The van der Waals surface area contributed by atoms with Gasteiger partial charge in [0.15, 0.2) is 0 Å². The average molecular weight is 238 g/mol. The summed E-state index contributed by atoms with van der Waals surface area (Å²) < 4.78 is 38.5. The van der Waals surface area contributed by atoms with Crippen LogP contribution in [0.5, 0.6) is 0 Å². The lowest BCUT2D eigenvalue weighted by molar-refractivity contribution is -0.137. The minimum Gasteiger partial charge on any atom is -0.399 e. The summed E-state index contributed by atoms with van der Waals surface area (Å²) in [5.41, 5.74) is 5.32. The summed E-state index contributed by atoms with van der Waals surface area (Å²) in [6.07, 6.45) is -1.52. The maximum Gasteiger partial charge on any atom is 0.417 e. The number of benzene rings is 1. The van der Waals surface area contributed by atoms with E-state index in [2.05, 4.69) is 4.98 Å². The Labute approximate surface area is 95.9 Å². The van der Waals surface area contributed by atoms with Crippen LogP contribution in [-0.2, 0) is 6.18 Å². The third-order valence-electron chi connectivity index (χ3n) is 2.34. The number of aromatic nitrogens is 1. The number of nitrogens with two attached hydrogens (primary N) is 1. The SMILES string of the molecule is Nc1ccc(-c2ccncc2)c(C(F)(F)F)c1. The standard InChI is InChI=1S/C12H9F3N2/c13-12(14,15)11-7-9(16)1-2-10(11)8-3-5-17-6-4-8/h1-7H,16H2. The number of anilines is 1. The molecule has 2 rings (SSSR count). The average Bonchev–Trinajstić information content (AvgIpc) is 2.29. The molecule has 0 saturated heterocycles. The van der Waals surface area contributed by atoms with Crippen molar-refractivity contribution in [1.29, 1.82) is 0 Å². The van der Waals surface area contributed by atoms with Gasteiger partial charge in [-0.3, -0.25) is 4.98 Å². The van der Waals surface area contributed by atoms with Gasteiger partial charge in [-0.1, -0.05) is 6.07 Å². The first-order chi connectivity index (χ1) is 7.98. The lowest BCUT2D eigenvalue weighted by Crippen LogP contribution is -2.08. The third-order valence-corrected chi connectivity index (χ3v) is 2.34. The van der Waals surface area contributed by atoms with Crippen molar-refractivity contribution in [2.24, 2.45) is 0 Å². The highest BCUT2D eigenvalue weighted by molar-refractivity contribution is 5.70. The molecule has 5 heteroatoms. The van der Waals surface area contributed by atoms with Gasteiger partial charge in [-0.25, -0.2) is 0 Å². The Kier molecular flexibility index (Phi) is 2.75. The number of rotatable bonds is 1. The van der Waals surface area contributed by atoms with Crippen LogP contribution in [0.2, 0.25) is 0 Å². The van der Waals surface area contributed by atoms with E-state index in [9.17, 15) is 13.2 Å². The van der Waals surface area contributed by atoms with Gasteiger partial charge in [0.1, 0.15) is 0 Å². The highest BCUT2D eigenvalue weighted by Crippen LogP contribution is 2.37. The molecule has 88 valence electrons. The van der Waals surface area contributed by atoms with Crippen molar-refractivity contribution >= 4 is 5.69 Å². The van der Waals surface area contributed by atoms with Gasteiger partial charge in [0.2, 0.25) is 0 Å². The smallest absolute Gasteiger partial charge is 0.399 e. The molecule has 0 unspecified atom stereocenters. The summed E-state index contributed by atoms with van der Waals surface area (Å²) in [6, 6.07) is 6.82. The monoisotopic (exact) mass is 238 g/mol. The van der Waals surface area contributed by atoms with Crippen molar-refractivity contribution in [2.45, 2.75) is 6.18 Å². The second-order valence-corrected chi connectivity index (χ2v) is 3.54. The molecule has 0 amide bonds. The zero-order valence-electron chi connectivity index (χ0n) is 8.70. The molecule has 1 aromatic heterocycles. The van der Waals surface area contributed by atoms with Gasteiger partial charge in [0, 0.05) is 18.1 Å². The number of pyridine rings is 1. The van der Waals surface area contributed by atoms with E-state index in [1.165, 1.54) is 36.7 Å². The summed E-state index contributed by atoms with van der Waals surface area (Å²) in [7, 11) is 0. The van der Waals surface area contributed by atoms with E-state index in [0.717, 1.165) is 6.07 Å². The molecule has 0 saturated carbocycles. The third kappa shape index (κ3) is 2.38. The molecule has 0 aliphatic carbocycles. The number of halogens is 3. The van der Waals surface area contributed by atoms with Crippen LogP contribution in [-0.4, -0.2) is 4.98 Å². The molecule has 0 atom stereocenters. The van der Waals surface area contributed by atoms with Crippen molar-refractivity contribution in [3.05, 3.63) is 48.3 Å². The highest BCUT2D eigenvalue weighted by atomic mass is 19.4. The van der Waals surface area contributed by atoms with E-state index < -0.39 is 11.7 Å². The van der Waals surface area contributed by atoms with Gasteiger partial charge in [0.05, 0.1) is 5.56 Å². The van der Waals surface area contributed by atoms with E-state index in [1.807, 2.05) is 0 Å². The van der Waals surface area contributed by atoms with Crippen LogP contribution in [0.1, 0.15) is 5.56 Å². The fourth-order valence-corrected chi connectivity index (χ4v) is 1.58. The number of nitrogen functional groups attached to an aromatic ring is 1. The van der Waals surface area contributed by atoms with E-state index in [4.69, 9.17) is 5.73 Å². The van der Waals surface area contributed by atoms with Crippen LogP contribution in [0.4, 0.5) is 18.9 Å². The molecule has 2 nitrogen and oxygen atoms in total. The van der Waals surface area contributed by atoms with Gasteiger partial charge >= 0.3 is 6.18 Å². The second-order valence-electron chi connectivity index (χ2n) is 3.54. The Morgan fingerprint density at radius 3 is 2.24 bits per heavy atom. The summed E-state index contributed by atoms with van der Waals surface area (Å²) in [6.45, 7) is 0. The fraction of sp³-hybridized carbons (Fsp3) is 0.0833. The molecule has 0 aliphatic heterocycles. The van der Waals surface area contributed by atoms with Crippen molar-refractivity contribution in [3.8, 4) is 11.1 Å².